The molecule has 0 saturated heterocycles. The minimum absolute atomic E-state index is 0.0755. The van der Waals surface area contributed by atoms with E-state index in [0.717, 1.165) is 22.7 Å². The highest BCUT2D eigenvalue weighted by atomic mass is 32.1. The molecule has 0 spiro atoms. The Balaban J connectivity index is 2.08. The molecule has 0 fully saturated rings. The molecule has 0 amide bonds. The zero-order valence-corrected chi connectivity index (χ0v) is 12.2. The number of aromatic nitrogens is 1. The molecule has 0 bridgehead atoms. The first-order chi connectivity index (χ1) is 9.87. The summed E-state index contributed by atoms with van der Waals surface area (Å²) in [6.45, 7) is 2.01. The Labute approximate surface area is 124 Å². The molecule has 7 heteroatoms. The topological polar surface area (TPSA) is 48.1 Å². The van der Waals surface area contributed by atoms with Crippen LogP contribution in [0.15, 0.2) is 29.6 Å². The Bertz CT molecular complexity index is 581. The second-order valence-corrected chi connectivity index (χ2v) is 5.51. The van der Waals surface area contributed by atoms with Crippen LogP contribution in [0, 0.1) is 0 Å². The van der Waals surface area contributed by atoms with Gasteiger partial charge >= 0.3 is 6.36 Å². The zero-order valence-electron chi connectivity index (χ0n) is 11.4. The third-order valence-electron chi connectivity index (χ3n) is 2.90. The van der Waals surface area contributed by atoms with Crippen LogP contribution in [-0.4, -0.2) is 17.4 Å². The lowest BCUT2D eigenvalue weighted by Crippen LogP contribution is -2.21. The predicted molar refractivity (Wildman–Crippen MR) is 76.2 cm³/mol. The monoisotopic (exact) mass is 316 g/mol. The van der Waals surface area contributed by atoms with Gasteiger partial charge in [0.15, 0.2) is 0 Å². The van der Waals surface area contributed by atoms with Gasteiger partial charge in [0.2, 0.25) is 0 Å². The fourth-order valence-corrected chi connectivity index (χ4v) is 2.63. The van der Waals surface area contributed by atoms with Crippen LogP contribution in [0.2, 0.25) is 0 Å². The summed E-state index contributed by atoms with van der Waals surface area (Å²) in [6, 6.07) is 5.74. The van der Waals surface area contributed by atoms with Crippen molar-refractivity contribution in [1.82, 2.24) is 4.98 Å². The average Bonchev–Trinajstić information content (AvgIpc) is 2.86. The summed E-state index contributed by atoms with van der Waals surface area (Å²) in [5.41, 5.74) is 7.36. The van der Waals surface area contributed by atoms with Gasteiger partial charge in [-0.1, -0.05) is 6.92 Å². The van der Waals surface area contributed by atoms with Crippen LogP contribution >= 0.6 is 11.3 Å². The Morgan fingerprint density at radius 2 is 1.95 bits per heavy atom. The number of nitrogens with zero attached hydrogens (tertiary/aromatic N) is 1. The van der Waals surface area contributed by atoms with Gasteiger partial charge in [-0.25, -0.2) is 4.98 Å². The number of thiazole rings is 1. The molecule has 3 nitrogen and oxygen atoms in total. The van der Waals surface area contributed by atoms with E-state index in [1.807, 2.05) is 12.3 Å². The minimum Gasteiger partial charge on any atom is -0.406 e. The fraction of sp³-hybridized carbons (Fsp3) is 0.357. The molecule has 0 saturated carbocycles. The molecule has 0 radical (unpaired) electrons. The van der Waals surface area contributed by atoms with Gasteiger partial charge in [-0.15, -0.1) is 24.5 Å². The molecule has 0 aliphatic carbocycles. The molecule has 1 aromatic carbocycles. The lowest BCUT2D eigenvalue weighted by atomic mass is 10.1. The quantitative estimate of drug-likeness (QED) is 0.907. The Morgan fingerprint density at radius 1 is 1.29 bits per heavy atom. The summed E-state index contributed by atoms with van der Waals surface area (Å²) >= 11 is 1.50. The van der Waals surface area contributed by atoms with Crippen molar-refractivity contribution in [3.8, 4) is 17.0 Å². The summed E-state index contributed by atoms with van der Waals surface area (Å²) in [4.78, 5) is 4.45. The number of alkyl halides is 3. The molecule has 1 unspecified atom stereocenters. The summed E-state index contributed by atoms with van der Waals surface area (Å²) < 4.78 is 40.1. The van der Waals surface area contributed by atoms with Crippen LogP contribution in [0.3, 0.4) is 0 Å². The van der Waals surface area contributed by atoms with E-state index in [0.29, 0.717) is 6.42 Å². The van der Waals surface area contributed by atoms with Crippen LogP contribution in [0.4, 0.5) is 13.2 Å². The van der Waals surface area contributed by atoms with Crippen LogP contribution in [0.25, 0.3) is 11.3 Å². The van der Waals surface area contributed by atoms with E-state index in [1.54, 1.807) is 12.1 Å². The third-order valence-corrected chi connectivity index (χ3v) is 3.77. The molecule has 2 aromatic rings. The van der Waals surface area contributed by atoms with Gasteiger partial charge in [-0.2, -0.15) is 0 Å². The molecule has 21 heavy (non-hydrogen) atoms. The Hall–Kier alpha value is -1.60. The first kappa shape index (κ1) is 15.8. The molecule has 0 aliphatic heterocycles. The standard InChI is InChI=1S/C14H15F3N2OS/c1-2-10(18)7-13-19-12(8-21-13)9-3-5-11(6-4-9)20-14(15,16)17/h3-6,8,10H,2,7,18H2,1H3. The van der Waals surface area contributed by atoms with Gasteiger partial charge in [0.05, 0.1) is 10.7 Å². The van der Waals surface area contributed by atoms with Crippen molar-refractivity contribution in [2.75, 3.05) is 0 Å². The van der Waals surface area contributed by atoms with Crippen molar-refractivity contribution in [3.63, 3.8) is 0 Å². The molecule has 2 N–H and O–H groups in total. The molecule has 1 heterocycles. The number of hydrogen-bond acceptors (Lipinski definition) is 4. The second-order valence-electron chi connectivity index (χ2n) is 4.57. The van der Waals surface area contributed by atoms with Gasteiger partial charge in [0, 0.05) is 23.4 Å². The lowest BCUT2D eigenvalue weighted by molar-refractivity contribution is -0.274. The van der Waals surface area contributed by atoms with Crippen LogP contribution in [0.1, 0.15) is 18.4 Å². The van der Waals surface area contributed by atoms with E-state index in [4.69, 9.17) is 5.73 Å². The maximum absolute atomic E-state index is 12.1. The van der Waals surface area contributed by atoms with Crippen molar-refractivity contribution >= 4 is 11.3 Å². The molecular formula is C14H15F3N2OS. The first-order valence-electron chi connectivity index (χ1n) is 6.43. The fourth-order valence-electron chi connectivity index (χ4n) is 1.73. The van der Waals surface area contributed by atoms with E-state index >= 15 is 0 Å². The van der Waals surface area contributed by atoms with Gasteiger partial charge in [0.1, 0.15) is 5.75 Å². The molecule has 0 aliphatic rings. The molecular weight excluding hydrogens is 301 g/mol. The van der Waals surface area contributed by atoms with Gasteiger partial charge < -0.3 is 10.5 Å². The summed E-state index contributed by atoms with van der Waals surface area (Å²) in [6.07, 6.45) is -3.10. The highest BCUT2D eigenvalue weighted by Crippen LogP contribution is 2.27. The number of halogens is 3. The predicted octanol–water partition coefficient (Wildman–Crippen LogP) is 3.99. The highest BCUT2D eigenvalue weighted by Gasteiger charge is 2.30. The van der Waals surface area contributed by atoms with Crippen LogP contribution < -0.4 is 10.5 Å². The van der Waals surface area contributed by atoms with Crippen LogP contribution in [-0.2, 0) is 6.42 Å². The largest absolute Gasteiger partial charge is 0.573 e. The zero-order chi connectivity index (χ0) is 15.5. The third kappa shape index (κ3) is 4.71. The van der Waals surface area contributed by atoms with Crippen LogP contribution in [0.5, 0.6) is 5.75 Å². The summed E-state index contributed by atoms with van der Waals surface area (Å²) in [5, 5.41) is 2.80. The van der Waals surface area contributed by atoms with E-state index in [1.165, 1.54) is 23.5 Å². The maximum Gasteiger partial charge on any atom is 0.573 e. The maximum atomic E-state index is 12.1. The average molecular weight is 316 g/mol. The van der Waals surface area contributed by atoms with Gasteiger partial charge in [-0.3, -0.25) is 0 Å². The number of ether oxygens (including phenoxy) is 1. The number of rotatable bonds is 5. The SMILES string of the molecule is CCC(N)Cc1nc(-c2ccc(OC(F)(F)F)cc2)cs1. The van der Waals surface area contributed by atoms with Crippen molar-refractivity contribution in [2.24, 2.45) is 5.73 Å². The highest BCUT2D eigenvalue weighted by molar-refractivity contribution is 7.09. The van der Waals surface area contributed by atoms with Crippen molar-refractivity contribution in [2.45, 2.75) is 32.2 Å². The number of benzene rings is 1. The summed E-state index contributed by atoms with van der Waals surface area (Å²) in [7, 11) is 0. The number of hydrogen-bond donors (Lipinski definition) is 1. The van der Waals surface area contributed by atoms with Gasteiger partial charge in [-0.05, 0) is 30.7 Å². The van der Waals surface area contributed by atoms with E-state index in [9.17, 15) is 13.2 Å². The Morgan fingerprint density at radius 3 is 2.52 bits per heavy atom. The van der Waals surface area contributed by atoms with Gasteiger partial charge in [0.25, 0.3) is 0 Å². The van der Waals surface area contributed by atoms with E-state index in [2.05, 4.69) is 9.72 Å². The molecule has 1 aromatic heterocycles. The first-order valence-corrected chi connectivity index (χ1v) is 7.31. The van der Waals surface area contributed by atoms with E-state index < -0.39 is 6.36 Å². The molecule has 114 valence electrons. The second kappa shape index (κ2) is 6.44. The molecule has 1 atom stereocenters. The smallest absolute Gasteiger partial charge is 0.406 e. The van der Waals surface area contributed by atoms with Crippen molar-refractivity contribution < 1.29 is 17.9 Å². The normalized spacial score (nSPS) is 13.2. The lowest BCUT2D eigenvalue weighted by Gasteiger charge is -2.08. The number of nitrogens with two attached hydrogens (primary N) is 1. The molecule has 2 rings (SSSR count). The van der Waals surface area contributed by atoms with E-state index in [-0.39, 0.29) is 11.8 Å². The minimum atomic E-state index is -4.67. The Kier molecular flexibility index (Phi) is 4.84. The van der Waals surface area contributed by atoms with Crippen molar-refractivity contribution in [1.29, 1.82) is 0 Å². The summed E-state index contributed by atoms with van der Waals surface area (Å²) in [5.74, 6) is -0.241. The van der Waals surface area contributed by atoms with Crippen molar-refractivity contribution in [3.05, 3.63) is 34.7 Å².